The molecule has 0 saturated heterocycles. The maximum Gasteiger partial charge on any atom is 0.161 e. The molecule has 0 radical (unpaired) electrons. The quantitative estimate of drug-likeness (QED) is 0.818. The number of aryl methyl sites for hydroxylation is 1. The smallest absolute Gasteiger partial charge is 0.161 e. The highest BCUT2D eigenvalue weighted by Crippen LogP contribution is 2.28. The lowest BCUT2D eigenvalue weighted by Gasteiger charge is -2.11. The van der Waals surface area contributed by atoms with Crippen LogP contribution in [0.25, 0.3) is 0 Å². The van der Waals surface area contributed by atoms with Gasteiger partial charge in [-0.2, -0.15) is 0 Å². The summed E-state index contributed by atoms with van der Waals surface area (Å²) in [4.78, 5) is 0. The van der Waals surface area contributed by atoms with Crippen molar-refractivity contribution in [1.82, 2.24) is 0 Å². The number of benzene rings is 2. The molecule has 0 aromatic heterocycles. The van der Waals surface area contributed by atoms with E-state index in [0.29, 0.717) is 17.1 Å². The van der Waals surface area contributed by atoms with E-state index in [1.807, 2.05) is 25.1 Å². The minimum atomic E-state index is -0.261. The SMILES string of the molecule is COc1cc(C)ccc1OCc1ccccc1F. The highest BCUT2D eigenvalue weighted by Gasteiger charge is 2.06. The fraction of sp³-hybridized carbons (Fsp3) is 0.200. The van der Waals surface area contributed by atoms with E-state index in [2.05, 4.69) is 0 Å². The lowest BCUT2D eigenvalue weighted by Crippen LogP contribution is -2.00. The maximum atomic E-state index is 13.4. The minimum absolute atomic E-state index is 0.187. The number of rotatable bonds is 4. The van der Waals surface area contributed by atoms with Gasteiger partial charge in [0.05, 0.1) is 7.11 Å². The summed E-state index contributed by atoms with van der Waals surface area (Å²) >= 11 is 0. The first kappa shape index (κ1) is 12.4. The van der Waals surface area contributed by atoms with Gasteiger partial charge in [-0.15, -0.1) is 0 Å². The molecule has 0 N–H and O–H groups in total. The summed E-state index contributed by atoms with van der Waals surface area (Å²) in [6, 6.07) is 12.2. The molecule has 0 amide bonds. The Hall–Kier alpha value is -2.03. The summed E-state index contributed by atoms with van der Waals surface area (Å²) in [5.74, 6) is 1.02. The zero-order valence-corrected chi connectivity index (χ0v) is 10.4. The Labute approximate surface area is 106 Å². The molecule has 3 heteroatoms. The van der Waals surface area contributed by atoms with E-state index >= 15 is 0 Å². The molecule has 18 heavy (non-hydrogen) atoms. The molecule has 2 aromatic rings. The fourth-order valence-electron chi connectivity index (χ4n) is 1.67. The fourth-order valence-corrected chi connectivity index (χ4v) is 1.67. The summed E-state index contributed by atoms with van der Waals surface area (Å²) in [6.07, 6.45) is 0. The lowest BCUT2D eigenvalue weighted by atomic mass is 10.2. The van der Waals surface area contributed by atoms with Crippen molar-refractivity contribution < 1.29 is 13.9 Å². The van der Waals surface area contributed by atoms with Crippen molar-refractivity contribution in [2.45, 2.75) is 13.5 Å². The molecule has 2 nitrogen and oxygen atoms in total. The van der Waals surface area contributed by atoms with Gasteiger partial charge in [0.25, 0.3) is 0 Å². The molecule has 0 saturated carbocycles. The number of hydrogen-bond acceptors (Lipinski definition) is 2. The Bertz CT molecular complexity index is 538. The van der Waals surface area contributed by atoms with Crippen molar-refractivity contribution in [3.8, 4) is 11.5 Å². The van der Waals surface area contributed by atoms with Crippen LogP contribution in [0, 0.1) is 12.7 Å². The molecule has 0 spiro atoms. The Morgan fingerprint density at radius 1 is 1.06 bits per heavy atom. The highest BCUT2D eigenvalue weighted by molar-refractivity contribution is 5.42. The van der Waals surface area contributed by atoms with E-state index in [1.165, 1.54) is 6.07 Å². The first-order chi connectivity index (χ1) is 8.70. The van der Waals surface area contributed by atoms with Gasteiger partial charge in [-0.1, -0.05) is 24.3 Å². The Balaban J connectivity index is 2.13. The molecule has 0 heterocycles. The minimum Gasteiger partial charge on any atom is -0.493 e. The third-order valence-electron chi connectivity index (χ3n) is 2.66. The average Bonchev–Trinajstić information content (AvgIpc) is 2.39. The van der Waals surface area contributed by atoms with Crippen LogP contribution in [-0.4, -0.2) is 7.11 Å². The third-order valence-corrected chi connectivity index (χ3v) is 2.66. The van der Waals surface area contributed by atoms with Gasteiger partial charge in [-0.3, -0.25) is 0 Å². The summed E-state index contributed by atoms with van der Waals surface area (Å²) in [7, 11) is 1.59. The van der Waals surface area contributed by atoms with Gasteiger partial charge in [0.1, 0.15) is 12.4 Å². The van der Waals surface area contributed by atoms with Crippen molar-refractivity contribution >= 4 is 0 Å². The van der Waals surface area contributed by atoms with E-state index in [0.717, 1.165) is 5.56 Å². The molecule has 0 aliphatic carbocycles. The van der Waals surface area contributed by atoms with Gasteiger partial charge in [0, 0.05) is 5.56 Å². The van der Waals surface area contributed by atoms with Gasteiger partial charge < -0.3 is 9.47 Å². The van der Waals surface area contributed by atoms with E-state index in [-0.39, 0.29) is 12.4 Å². The van der Waals surface area contributed by atoms with Gasteiger partial charge in [-0.25, -0.2) is 4.39 Å². The average molecular weight is 246 g/mol. The molecular formula is C15H15FO2. The van der Waals surface area contributed by atoms with Crippen molar-refractivity contribution in [3.63, 3.8) is 0 Å². The Morgan fingerprint density at radius 3 is 2.56 bits per heavy atom. The van der Waals surface area contributed by atoms with Crippen LogP contribution in [0.5, 0.6) is 11.5 Å². The van der Waals surface area contributed by atoms with Gasteiger partial charge in [-0.05, 0) is 30.7 Å². The molecule has 0 unspecified atom stereocenters. The zero-order valence-electron chi connectivity index (χ0n) is 10.4. The van der Waals surface area contributed by atoms with Crippen LogP contribution in [0.1, 0.15) is 11.1 Å². The molecule has 2 aromatic carbocycles. The largest absolute Gasteiger partial charge is 0.493 e. The summed E-state index contributed by atoms with van der Waals surface area (Å²) in [5.41, 5.74) is 1.62. The van der Waals surface area contributed by atoms with E-state index in [1.54, 1.807) is 25.3 Å². The van der Waals surface area contributed by atoms with Crippen LogP contribution in [0.15, 0.2) is 42.5 Å². The molecule has 0 fully saturated rings. The van der Waals surface area contributed by atoms with Crippen LogP contribution in [-0.2, 0) is 6.61 Å². The maximum absolute atomic E-state index is 13.4. The predicted molar refractivity (Wildman–Crippen MR) is 68.5 cm³/mol. The van der Waals surface area contributed by atoms with E-state index in [9.17, 15) is 4.39 Å². The summed E-state index contributed by atoms with van der Waals surface area (Å²) < 4.78 is 24.2. The van der Waals surface area contributed by atoms with E-state index in [4.69, 9.17) is 9.47 Å². The molecule has 0 atom stereocenters. The van der Waals surface area contributed by atoms with Crippen molar-refractivity contribution in [2.75, 3.05) is 7.11 Å². The van der Waals surface area contributed by atoms with Crippen LogP contribution >= 0.6 is 0 Å². The second kappa shape index (κ2) is 5.54. The van der Waals surface area contributed by atoms with Crippen LogP contribution in [0.3, 0.4) is 0 Å². The van der Waals surface area contributed by atoms with Crippen molar-refractivity contribution in [1.29, 1.82) is 0 Å². The zero-order chi connectivity index (χ0) is 13.0. The number of methoxy groups -OCH3 is 1. The second-order valence-electron chi connectivity index (χ2n) is 4.03. The summed E-state index contributed by atoms with van der Waals surface area (Å²) in [6.45, 7) is 2.16. The van der Waals surface area contributed by atoms with Crippen molar-refractivity contribution in [2.24, 2.45) is 0 Å². The molecule has 2 rings (SSSR count). The Morgan fingerprint density at radius 2 is 1.83 bits per heavy atom. The number of hydrogen-bond donors (Lipinski definition) is 0. The predicted octanol–water partition coefficient (Wildman–Crippen LogP) is 3.72. The number of halogens is 1. The topological polar surface area (TPSA) is 18.5 Å². The number of ether oxygens (including phenoxy) is 2. The second-order valence-corrected chi connectivity index (χ2v) is 4.03. The molecule has 0 aliphatic rings. The normalized spacial score (nSPS) is 10.2. The van der Waals surface area contributed by atoms with E-state index < -0.39 is 0 Å². The molecular weight excluding hydrogens is 231 g/mol. The standard InChI is InChI=1S/C15H15FO2/c1-11-7-8-14(15(9-11)17-2)18-10-12-5-3-4-6-13(12)16/h3-9H,10H2,1-2H3. The Kier molecular flexibility index (Phi) is 3.82. The van der Waals surface area contributed by atoms with Crippen molar-refractivity contribution in [3.05, 3.63) is 59.4 Å². The van der Waals surface area contributed by atoms with Crippen LogP contribution in [0.2, 0.25) is 0 Å². The van der Waals surface area contributed by atoms with Crippen LogP contribution < -0.4 is 9.47 Å². The molecule has 94 valence electrons. The van der Waals surface area contributed by atoms with Crippen LogP contribution in [0.4, 0.5) is 4.39 Å². The van der Waals surface area contributed by atoms with Gasteiger partial charge in [0.15, 0.2) is 11.5 Å². The monoisotopic (exact) mass is 246 g/mol. The molecule has 0 bridgehead atoms. The first-order valence-electron chi connectivity index (χ1n) is 5.71. The lowest BCUT2D eigenvalue weighted by molar-refractivity contribution is 0.279. The molecule has 0 aliphatic heterocycles. The third kappa shape index (κ3) is 2.80. The first-order valence-corrected chi connectivity index (χ1v) is 5.71. The summed E-state index contributed by atoms with van der Waals surface area (Å²) in [5, 5.41) is 0. The van der Waals surface area contributed by atoms with Gasteiger partial charge >= 0.3 is 0 Å². The van der Waals surface area contributed by atoms with Gasteiger partial charge in [0.2, 0.25) is 0 Å². The highest BCUT2D eigenvalue weighted by atomic mass is 19.1.